The molecule has 6 heteroatoms. The lowest BCUT2D eigenvalue weighted by atomic mass is 9.66. The minimum atomic E-state index is 0.0240. The molecule has 1 unspecified atom stereocenters. The highest BCUT2D eigenvalue weighted by Gasteiger charge is 2.41. The van der Waals surface area contributed by atoms with Gasteiger partial charge in [-0.3, -0.25) is 0 Å². The number of aromatic amines is 1. The van der Waals surface area contributed by atoms with Gasteiger partial charge in [0.15, 0.2) is 0 Å². The Hall–Kier alpha value is -1.50. The second kappa shape index (κ2) is 6.73. The molecule has 4 N–H and O–H groups in total. The molecule has 3 rings (SSSR count). The van der Waals surface area contributed by atoms with Crippen LogP contribution >= 0.6 is 12.2 Å². The Morgan fingerprint density at radius 1 is 1.27 bits per heavy atom. The zero-order chi connectivity index (χ0) is 15.4. The third-order valence-corrected chi connectivity index (χ3v) is 4.99. The standard InChI is InChI=1S/C16H22N4OS/c17-11-16(6-8-18-9-7-16)13(14-19-15(22)21-20-14)10-12-4-2-1-3-5-12/h1-5,13,18H,6-11,17H2,(H,19,20,22). The first-order valence-corrected chi connectivity index (χ1v) is 8.14. The van der Waals surface area contributed by atoms with Gasteiger partial charge in [-0.05, 0) is 62.1 Å². The lowest BCUT2D eigenvalue weighted by Gasteiger charge is -2.42. The molecule has 1 saturated heterocycles. The van der Waals surface area contributed by atoms with Gasteiger partial charge in [-0.1, -0.05) is 30.3 Å². The Morgan fingerprint density at radius 3 is 2.59 bits per heavy atom. The van der Waals surface area contributed by atoms with Crippen LogP contribution in [0.2, 0.25) is 0 Å². The van der Waals surface area contributed by atoms with Gasteiger partial charge < -0.3 is 15.6 Å². The van der Waals surface area contributed by atoms with Gasteiger partial charge in [0.05, 0.1) is 0 Å². The van der Waals surface area contributed by atoms with Crippen molar-refractivity contribution in [1.29, 1.82) is 0 Å². The normalized spacial score (nSPS) is 19.0. The minimum Gasteiger partial charge on any atom is -0.348 e. The molecule has 22 heavy (non-hydrogen) atoms. The van der Waals surface area contributed by atoms with Crippen molar-refractivity contribution in [2.24, 2.45) is 11.1 Å². The first-order valence-electron chi connectivity index (χ1n) is 7.74. The third-order valence-electron chi connectivity index (χ3n) is 4.81. The molecule has 1 aromatic carbocycles. The Morgan fingerprint density at radius 2 is 2.00 bits per heavy atom. The van der Waals surface area contributed by atoms with Gasteiger partial charge in [0, 0.05) is 5.92 Å². The summed E-state index contributed by atoms with van der Waals surface area (Å²) in [6.07, 6.45) is 2.96. The molecule has 0 bridgehead atoms. The predicted molar refractivity (Wildman–Crippen MR) is 88.2 cm³/mol. The lowest BCUT2D eigenvalue weighted by molar-refractivity contribution is 0.154. The topological polar surface area (TPSA) is 79.9 Å². The maximum absolute atomic E-state index is 6.21. The molecule has 2 heterocycles. The van der Waals surface area contributed by atoms with Gasteiger partial charge in [-0.15, -0.1) is 0 Å². The first-order chi connectivity index (χ1) is 10.7. The van der Waals surface area contributed by atoms with Gasteiger partial charge in [-0.25, -0.2) is 5.16 Å². The van der Waals surface area contributed by atoms with Crippen LogP contribution < -0.4 is 11.1 Å². The number of rotatable bonds is 5. The van der Waals surface area contributed by atoms with Crippen molar-refractivity contribution in [2.45, 2.75) is 25.2 Å². The maximum Gasteiger partial charge on any atom is 0.314 e. The molecule has 1 atom stereocenters. The van der Waals surface area contributed by atoms with E-state index in [1.807, 2.05) is 6.07 Å². The fraction of sp³-hybridized carbons (Fsp3) is 0.500. The Bertz CT molecular complexity index is 645. The molecule has 2 aromatic rings. The average molecular weight is 318 g/mol. The molecule has 0 amide bonds. The molecular weight excluding hydrogens is 296 g/mol. The highest BCUT2D eigenvalue weighted by molar-refractivity contribution is 7.71. The Kier molecular flexibility index (Phi) is 4.71. The van der Waals surface area contributed by atoms with E-state index in [1.54, 1.807) is 0 Å². The summed E-state index contributed by atoms with van der Waals surface area (Å²) in [5.74, 6) is 1.00. The minimum absolute atomic E-state index is 0.0240. The number of nitrogens with zero attached hydrogens (tertiary/aromatic N) is 1. The summed E-state index contributed by atoms with van der Waals surface area (Å²) < 4.78 is 5.19. The molecule has 1 fully saturated rings. The molecule has 1 aliphatic heterocycles. The molecule has 118 valence electrons. The monoisotopic (exact) mass is 318 g/mol. The summed E-state index contributed by atoms with van der Waals surface area (Å²) in [6, 6.07) is 10.5. The number of H-pyrrole nitrogens is 1. The first kappa shape index (κ1) is 15.4. The van der Waals surface area contributed by atoms with Crippen molar-refractivity contribution in [2.75, 3.05) is 19.6 Å². The molecule has 1 aromatic heterocycles. The van der Waals surface area contributed by atoms with Crippen LogP contribution in [0.15, 0.2) is 34.9 Å². The molecule has 0 radical (unpaired) electrons. The number of aromatic nitrogens is 2. The van der Waals surface area contributed by atoms with Crippen LogP contribution in [0.1, 0.15) is 30.1 Å². The van der Waals surface area contributed by atoms with Crippen LogP contribution in [-0.4, -0.2) is 29.8 Å². The Labute approximate surface area is 135 Å². The van der Waals surface area contributed by atoms with E-state index in [0.29, 0.717) is 6.54 Å². The Balaban J connectivity index is 1.96. The fourth-order valence-electron chi connectivity index (χ4n) is 3.46. The zero-order valence-electron chi connectivity index (χ0n) is 12.5. The number of hydrogen-bond donors (Lipinski definition) is 3. The largest absolute Gasteiger partial charge is 0.348 e. The number of nitrogens with one attached hydrogen (secondary N) is 2. The predicted octanol–water partition coefficient (Wildman–Crippen LogP) is 2.39. The van der Waals surface area contributed by atoms with E-state index in [1.165, 1.54) is 5.56 Å². The SMILES string of the molecule is NCC1(C(Cc2ccccc2)c2nc(=S)o[nH]2)CCNCC1. The van der Waals surface area contributed by atoms with E-state index in [4.69, 9.17) is 22.5 Å². The van der Waals surface area contributed by atoms with E-state index in [2.05, 4.69) is 39.7 Å². The smallest absolute Gasteiger partial charge is 0.314 e. The van der Waals surface area contributed by atoms with Crippen LogP contribution in [0.4, 0.5) is 0 Å². The third kappa shape index (κ3) is 3.14. The number of piperidine rings is 1. The molecular formula is C16H22N4OS. The van der Waals surface area contributed by atoms with Gasteiger partial charge in [0.1, 0.15) is 5.82 Å². The number of benzene rings is 1. The van der Waals surface area contributed by atoms with E-state index in [-0.39, 0.29) is 16.2 Å². The summed E-state index contributed by atoms with van der Waals surface area (Å²) >= 11 is 5.04. The van der Waals surface area contributed by atoms with Crippen molar-refractivity contribution in [1.82, 2.24) is 15.5 Å². The van der Waals surface area contributed by atoms with Crippen molar-refractivity contribution in [3.63, 3.8) is 0 Å². The van der Waals surface area contributed by atoms with E-state index >= 15 is 0 Å². The molecule has 1 aliphatic rings. The van der Waals surface area contributed by atoms with Crippen LogP contribution in [0.5, 0.6) is 0 Å². The van der Waals surface area contributed by atoms with E-state index in [0.717, 1.165) is 38.2 Å². The van der Waals surface area contributed by atoms with Crippen LogP contribution in [0.3, 0.4) is 0 Å². The summed E-state index contributed by atoms with van der Waals surface area (Å²) in [7, 11) is 0. The summed E-state index contributed by atoms with van der Waals surface area (Å²) in [4.78, 5) is 4.65. The second-order valence-electron chi connectivity index (χ2n) is 6.03. The van der Waals surface area contributed by atoms with Gasteiger partial charge in [0.2, 0.25) is 0 Å². The number of hydrogen-bond acceptors (Lipinski definition) is 5. The summed E-state index contributed by atoms with van der Waals surface area (Å²) in [6.45, 7) is 2.61. The molecule has 0 saturated carbocycles. The van der Waals surface area contributed by atoms with E-state index < -0.39 is 0 Å². The van der Waals surface area contributed by atoms with Crippen molar-refractivity contribution >= 4 is 12.2 Å². The molecule has 5 nitrogen and oxygen atoms in total. The van der Waals surface area contributed by atoms with Crippen LogP contribution in [-0.2, 0) is 6.42 Å². The summed E-state index contributed by atoms with van der Waals surface area (Å²) in [5, 5.41) is 6.33. The van der Waals surface area contributed by atoms with Gasteiger partial charge in [0.25, 0.3) is 0 Å². The molecule has 0 spiro atoms. The van der Waals surface area contributed by atoms with E-state index in [9.17, 15) is 0 Å². The quantitative estimate of drug-likeness (QED) is 0.738. The summed E-state index contributed by atoms with van der Waals surface area (Å²) in [5.41, 5.74) is 7.51. The highest BCUT2D eigenvalue weighted by atomic mass is 32.1. The molecule has 0 aliphatic carbocycles. The van der Waals surface area contributed by atoms with Gasteiger partial charge >= 0.3 is 4.84 Å². The average Bonchev–Trinajstić information content (AvgIpc) is 3.00. The van der Waals surface area contributed by atoms with Crippen LogP contribution in [0.25, 0.3) is 0 Å². The number of nitrogens with two attached hydrogens (primary N) is 1. The highest BCUT2D eigenvalue weighted by Crippen LogP contribution is 2.43. The lowest BCUT2D eigenvalue weighted by Crippen LogP contribution is -2.46. The van der Waals surface area contributed by atoms with Gasteiger partial charge in [-0.2, -0.15) is 4.98 Å². The fourth-order valence-corrected chi connectivity index (χ4v) is 3.60. The van der Waals surface area contributed by atoms with Crippen molar-refractivity contribution < 1.29 is 4.52 Å². The van der Waals surface area contributed by atoms with Crippen molar-refractivity contribution in [3.05, 3.63) is 46.6 Å². The maximum atomic E-state index is 6.21. The zero-order valence-corrected chi connectivity index (χ0v) is 13.4. The second-order valence-corrected chi connectivity index (χ2v) is 6.38. The van der Waals surface area contributed by atoms with Crippen LogP contribution in [0, 0.1) is 10.3 Å². The van der Waals surface area contributed by atoms with Crippen molar-refractivity contribution in [3.8, 4) is 0 Å².